The number of nitrogens with one attached hydrogen (secondary N) is 2. The Balaban J connectivity index is 1.97. The van der Waals surface area contributed by atoms with Gasteiger partial charge in [0.1, 0.15) is 6.17 Å². The van der Waals surface area contributed by atoms with Crippen LogP contribution in [0.15, 0.2) is 30.3 Å². The fraction of sp³-hybridized carbons (Fsp3) is 0.500. The normalized spacial score (nSPS) is 21.8. The number of hydrogen-bond donors (Lipinski definition) is 2. The van der Waals surface area contributed by atoms with Crippen molar-refractivity contribution in [2.75, 3.05) is 11.5 Å². The van der Waals surface area contributed by atoms with Gasteiger partial charge in [-0.05, 0) is 12.0 Å². The molecule has 0 aromatic heterocycles. The molecule has 2 rings (SSSR count). The molecular formula is C14H17Cl3N2O3S. The molecule has 0 spiro atoms. The Morgan fingerprint density at radius 3 is 2.43 bits per heavy atom. The second kappa shape index (κ2) is 7.57. The third kappa shape index (κ3) is 6.12. The number of rotatable bonds is 5. The summed E-state index contributed by atoms with van der Waals surface area (Å²) in [6.45, 7) is 0. The van der Waals surface area contributed by atoms with Crippen LogP contribution in [0.4, 0.5) is 0 Å². The molecule has 1 heterocycles. The number of carbonyl (C=O) groups is 1. The summed E-state index contributed by atoms with van der Waals surface area (Å²) in [6, 6.07) is 8.81. The summed E-state index contributed by atoms with van der Waals surface area (Å²) in [6.07, 6.45) is -0.404. The van der Waals surface area contributed by atoms with Crippen LogP contribution in [0.2, 0.25) is 0 Å². The van der Waals surface area contributed by atoms with Crippen LogP contribution in [-0.2, 0) is 21.1 Å². The lowest BCUT2D eigenvalue weighted by Gasteiger charge is -2.29. The molecular weight excluding hydrogens is 383 g/mol. The Hall–Kier alpha value is -0.530. The van der Waals surface area contributed by atoms with E-state index in [0.717, 1.165) is 5.56 Å². The molecule has 1 amide bonds. The van der Waals surface area contributed by atoms with Crippen LogP contribution >= 0.6 is 34.8 Å². The molecule has 0 unspecified atom stereocenters. The summed E-state index contributed by atoms with van der Waals surface area (Å²) in [5.41, 5.74) is 0.830. The van der Waals surface area contributed by atoms with Crippen molar-refractivity contribution in [1.29, 1.82) is 0 Å². The van der Waals surface area contributed by atoms with Crippen molar-refractivity contribution in [2.45, 2.75) is 28.8 Å². The summed E-state index contributed by atoms with van der Waals surface area (Å²) >= 11 is 17.7. The number of alkyl halides is 3. The average Bonchev–Trinajstić information content (AvgIpc) is 2.77. The van der Waals surface area contributed by atoms with Crippen molar-refractivity contribution in [3.8, 4) is 0 Å². The Morgan fingerprint density at radius 2 is 1.91 bits per heavy atom. The number of hydrogen-bond acceptors (Lipinski definition) is 4. The van der Waals surface area contributed by atoms with Gasteiger partial charge in [-0.25, -0.2) is 8.42 Å². The molecule has 1 fully saturated rings. The van der Waals surface area contributed by atoms with Crippen LogP contribution in [0.25, 0.3) is 0 Å². The fourth-order valence-corrected chi connectivity index (χ4v) is 4.41. The first kappa shape index (κ1) is 18.8. The van der Waals surface area contributed by atoms with Gasteiger partial charge >= 0.3 is 0 Å². The van der Waals surface area contributed by atoms with E-state index in [1.54, 1.807) is 0 Å². The van der Waals surface area contributed by atoms with E-state index in [1.807, 2.05) is 30.3 Å². The smallest absolute Gasteiger partial charge is 0.225 e. The lowest BCUT2D eigenvalue weighted by atomic mass is 10.1. The Kier molecular flexibility index (Phi) is 6.19. The maximum atomic E-state index is 12.1. The minimum atomic E-state index is -3.07. The number of sulfone groups is 1. The van der Waals surface area contributed by atoms with Gasteiger partial charge in [0, 0.05) is 6.04 Å². The molecule has 1 aromatic rings. The first-order valence-corrected chi connectivity index (χ1v) is 9.98. The summed E-state index contributed by atoms with van der Waals surface area (Å²) < 4.78 is 21.2. The summed E-state index contributed by atoms with van der Waals surface area (Å²) in [7, 11) is -3.07. The van der Waals surface area contributed by atoms with Crippen LogP contribution in [0, 0.1) is 0 Å². The van der Waals surface area contributed by atoms with Crippen molar-refractivity contribution in [1.82, 2.24) is 10.6 Å². The second-order valence-electron chi connectivity index (χ2n) is 5.47. The quantitative estimate of drug-likeness (QED) is 0.585. The van der Waals surface area contributed by atoms with E-state index in [0.29, 0.717) is 6.42 Å². The molecule has 1 aromatic carbocycles. The molecule has 1 aliphatic heterocycles. The maximum absolute atomic E-state index is 12.1. The van der Waals surface area contributed by atoms with Gasteiger partial charge in [0.15, 0.2) is 9.84 Å². The highest BCUT2D eigenvalue weighted by Gasteiger charge is 2.38. The molecule has 128 valence electrons. The zero-order valence-electron chi connectivity index (χ0n) is 12.1. The van der Waals surface area contributed by atoms with E-state index < -0.39 is 19.8 Å². The van der Waals surface area contributed by atoms with Crippen molar-refractivity contribution >= 4 is 50.5 Å². The molecule has 23 heavy (non-hydrogen) atoms. The first-order valence-electron chi connectivity index (χ1n) is 7.02. The maximum Gasteiger partial charge on any atom is 0.225 e. The van der Waals surface area contributed by atoms with Crippen molar-refractivity contribution in [3.05, 3.63) is 35.9 Å². The van der Waals surface area contributed by atoms with Crippen LogP contribution in [0.3, 0.4) is 0 Å². The van der Waals surface area contributed by atoms with Gasteiger partial charge in [-0.2, -0.15) is 0 Å². The van der Waals surface area contributed by atoms with Gasteiger partial charge in [-0.15, -0.1) is 0 Å². The Labute approximate surface area is 150 Å². The summed E-state index contributed by atoms with van der Waals surface area (Å²) in [4.78, 5) is 12.1. The highest BCUT2D eigenvalue weighted by Crippen LogP contribution is 2.30. The standard InChI is InChI=1S/C14H17Cl3N2O3S/c15-14(16,17)13(18-11-6-7-23(21,22)9-11)19-12(20)8-10-4-2-1-3-5-10/h1-5,11,13,18H,6-9H2,(H,19,20)/t11-,13-/m1/s1. The number of benzene rings is 1. The lowest BCUT2D eigenvalue weighted by molar-refractivity contribution is -0.121. The van der Waals surface area contributed by atoms with Gasteiger partial charge in [0.05, 0.1) is 17.9 Å². The summed E-state index contributed by atoms with van der Waals surface area (Å²) in [5.74, 6) is -0.255. The third-order valence-electron chi connectivity index (χ3n) is 3.47. The predicted molar refractivity (Wildman–Crippen MR) is 92.6 cm³/mol. The SMILES string of the molecule is O=C(Cc1ccccc1)N[C@@H](N[C@@H]1CCS(=O)(=O)C1)C(Cl)(Cl)Cl. The number of carbonyl (C=O) groups excluding carboxylic acids is 1. The highest BCUT2D eigenvalue weighted by molar-refractivity contribution is 7.91. The Morgan fingerprint density at radius 1 is 1.26 bits per heavy atom. The minimum Gasteiger partial charge on any atom is -0.336 e. The molecule has 9 heteroatoms. The van der Waals surface area contributed by atoms with E-state index in [1.165, 1.54) is 0 Å². The zero-order valence-corrected chi connectivity index (χ0v) is 15.2. The third-order valence-corrected chi connectivity index (χ3v) is 5.90. The molecule has 2 atom stereocenters. The molecule has 5 nitrogen and oxygen atoms in total. The zero-order chi connectivity index (χ0) is 17.1. The van der Waals surface area contributed by atoms with E-state index in [4.69, 9.17) is 34.8 Å². The predicted octanol–water partition coefficient (Wildman–Crippen LogP) is 1.82. The van der Waals surface area contributed by atoms with E-state index in [9.17, 15) is 13.2 Å². The highest BCUT2D eigenvalue weighted by atomic mass is 35.6. The molecule has 1 aliphatic rings. The fourth-order valence-electron chi connectivity index (χ4n) is 2.37. The number of amides is 1. The molecule has 1 saturated heterocycles. The van der Waals surface area contributed by atoms with E-state index in [2.05, 4.69) is 10.6 Å². The van der Waals surface area contributed by atoms with Gasteiger partial charge in [-0.3, -0.25) is 10.1 Å². The molecule has 0 aliphatic carbocycles. The van der Waals surface area contributed by atoms with Crippen LogP contribution in [-0.4, -0.2) is 41.8 Å². The lowest BCUT2D eigenvalue weighted by Crippen LogP contribution is -2.57. The largest absolute Gasteiger partial charge is 0.336 e. The van der Waals surface area contributed by atoms with E-state index >= 15 is 0 Å². The van der Waals surface area contributed by atoms with Crippen molar-refractivity contribution < 1.29 is 13.2 Å². The van der Waals surface area contributed by atoms with Gasteiger partial charge in [0.25, 0.3) is 0 Å². The van der Waals surface area contributed by atoms with Crippen LogP contribution in [0.5, 0.6) is 0 Å². The molecule has 2 N–H and O–H groups in total. The molecule has 0 radical (unpaired) electrons. The Bertz CT molecular complexity index is 647. The van der Waals surface area contributed by atoms with E-state index in [-0.39, 0.29) is 29.9 Å². The average molecular weight is 400 g/mol. The first-order chi connectivity index (χ1) is 10.7. The van der Waals surface area contributed by atoms with Gasteiger partial charge in [-0.1, -0.05) is 65.1 Å². The van der Waals surface area contributed by atoms with Gasteiger partial charge in [0.2, 0.25) is 9.70 Å². The summed E-state index contributed by atoms with van der Waals surface area (Å²) in [5, 5.41) is 5.54. The monoisotopic (exact) mass is 398 g/mol. The number of halogens is 3. The van der Waals surface area contributed by atoms with Crippen molar-refractivity contribution in [2.24, 2.45) is 0 Å². The second-order valence-corrected chi connectivity index (χ2v) is 10.1. The minimum absolute atomic E-state index is 0.0290. The molecule has 0 bridgehead atoms. The topological polar surface area (TPSA) is 75.3 Å². The van der Waals surface area contributed by atoms with Crippen molar-refractivity contribution in [3.63, 3.8) is 0 Å². The van der Waals surface area contributed by atoms with Crippen LogP contribution in [0.1, 0.15) is 12.0 Å². The molecule has 0 saturated carbocycles. The van der Waals surface area contributed by atoms with Crippen LogP contribution < -0.4 is 10.6 Å². The van der Waals surface area contributed by atoms with Gasteiger partial charge < -0.3 is 5.32 Å².